The van der Waals surface area contributed by atoms with Gasteiger partial charge in [0.1, 0.15) is 6.33 Å². The molecule has 0 bridgehead atoms. The zero-order valence-corrected chi connectivity index (χ0v) is 11.0. The summed E-state index contributed by atoms with van der Waals surface area (Å²) in [5, 5.41) is 8.97. The molecule has 0 spiro atoms. The topological polar surface area (TPSA) is 34.0 Å². The minimum atomic E-state index is 0.841. The zero-order chi connectivity index (χ0) is 11.7. The molecule has 0 amide bonds. The van der Waals surface area contributed by atoms with E-state index in [9.17, 15) is 0 Å². The second kappa shape index (κ2) is 4.49. The first kappa shape index (κ1) is 10.8. The molecule has 4 nitrogen and oxygen atoms in total. The van der Waals surface area contributed by atoms with Gasteiger partial charge in [-0.1, -0.05) is 28.1 Å². The van der Waals surface area contributed by atoms with Crippen molar-refractivity contribution in [2.75, 3.05) is 11.4 Å². The van der Waals surface area contributed by atoms with Crippen molar-refractivity contribution in [1.29, 1.82) is 0 Å². The van der Waals surface area contributed by atoms with Crippen LogP contribution in [0.2, 0.25) is 0 Å². The molecule has 0 N–H and O–H groups in total. The second-order valence-corrected chi connectivity index (χ2v) is 4.72. The maximum Gasteiger partial charge on any atom is 0.152 e. The fraction of sp³-hybridized carbons (Fsp3) is 0.333. The van der Waals surface area contributed by atoms with Crippen LogP contribution in [0.3, 0.4) is 0 Å². The smallest absolute Gasteiger partial charge is 0.152 e. The predicted octanol–water partition coefficient (Wildman–Crippen LogP) is 2.19. The van der Waals surface area contributed by atoms with E-state index in [0.29, 0.717) is 0 Å². The number of nitrogens with zero attached hydrogens (tertiary/aromatic N) is 4. The number of aromatic nitrogens is 3. The van der Waals surface area contributed by atoms with E-state index in [0.717, 1.165) is 30.8 Å². The summed E-state index contributed by atoms with van der Waals surface area (Å²) in [7, 11) is 0. The molecule has 0 saturated heterocycles. The number of alkyl halides is 1. The van der Waals surface area contributed by atoms with Gasteiger partial charge in [-0.2, -0.15) is 0 Å². The summed E-state index contributed by atoms with van der Waals surface area (Å²) in [5.74, 6) is 1.04. The van der Waals surface area contributed by atoms with E-state index in [-0.39, 0.29) is 0 Å². The summed E-state index contributed by atoms with van der Waals surface area (Å²) in [6, 6.07) is 8.65. The number of anilines is 1. The van der Waals surface area contributed by atoms with Gasteiger partial charge in [0.15, 0.2) is 5.82 Å². The molecule has 2 aromatic rings. The Hall–Kier alpha value is -1.36. The first-order valence-electron chi connectivity index (χ1n) is 5.63. The number of fused-ring (bicyclic) bond motifs is 1. The molecule has 1 aromatic carbocycles. The summed E-state index contributed by atoms with van der Waals surface area (Å²) in [6.07, 6.45) is 1.81. The molecule has 0 radical (unpaired) electrons. The van der Waals surface area contributed by atoms with Crippen molar-refractivity contribution >= 4 is 21.6 Å². The van der Waals surface area contributed by atoms with Crippen LogP contribution in [0.5, 0.6) is 0 Å². The predicted molar refractivity (Wildman–Crippen MR) is 70.1 cm³/mol. The Balaban J connectivity index is 1.81. The lowest BCUT2D eigenvalue weighted by Gasteiger charge is -2.29. The molecule has 0 atom stereocenters. The van der Waals surface area contributed by atoms with Crippen LogP contribution >= 0.6 is 15.9 Å². The maximum atomic E-state index is 4.13. The summed E-state index contributed by atoms with van der Waals surface area (Å²) >= 11 is 3.46. The fourth-order valence-corrected chi connectivity index (χ4v) is 2.46. The molecular formula is C12H13BrN4. The number of benzene rings is 1. The monoisotopic (exact) mass is 292 g/mol. The van der Waals surface area contributed by atoms with E-state index in [4.69, 9.17) is 0 Å². The van der Waals surface area contributed by atoms with Crippen molar-refractivity contribution in [2.45, 2.75) is 18.4 Å². The van der Waals surface area contributed by atoms with Crippen molar-refractivity contribution in [3.8, 4) is 0 Å². The van der Waals surface area contributed by atoms with Crippen LogP contribution in [0.1, 0.15) is 11.4 Å². The zero-order valence-electron chi connectivity index (χ0n) is 9.38. The molecule has 1 aliphatic heterocycles. The Morgan fingerprint density at radius 3 is 2.76 bits per heavy atom. The van der Waals surface area contributed by atoms with Crippen LogP contribution in [0.25, 0.3) is 0 Å². The first-order valence-corrected chi connectivity index (χ1v) is 6.75. The Morgan fingerprint density at radius 2 is 2.00 bits per heavy atom. The maximum absolute atomic E-state index is 4.13. The van der Waals surface area contributed by atoms with E-state index >= 15 is 0 Å². The van der Waals surface area contributed by atoms with Gasteiger partial charge in [0, 0.05) is 24.1 Å². The standard InChI is InChI=1S/C12H13BrN4/c13-7-10-1-3-11(4-2-10)16-5-6-17-9-14-15-12(17)8-16/h1-4,9H,5-8H2. The van der Waals surface area contributed by atoms with Crippen LogP contribution in [0, 0.1) is 0 Å². The molecular weight excluding hydrogens is 280 g/mol. The van der Waals surface area contributed by atoms with E-state index in [1.54, 1.807) is 6.33 Å². The number of rotatable bonds is 2. The Labute approximate surface area is 108 Å². The Kier molecular flexibility index (Phi) is 2.84. The molecule has 1 aromatic heterocycles. The summed E-state index contributed by atoms with van der Waals surface area (Å²) in [5.41, 5.74) is 2.55. The summed E-state index contributed by atoms with van der Waals surface area (Å²) in [4.78, 5) is 2.34. The Bertz CT molecular complexity index is 505. The van der Waals surface area contributed by atoms with Gasteiger partial charge < -0.3 is 9.47 Å². The largest absolute Gasteiger partial charge is 0.362 e. The lowest BCUT2D eigenvalue weighted by Crippen LogP contribution is -2.33. The third kappa shape index (κ3) is 2.07. The molecule has 17 heavy (non-hydrogen) atoms. The van der Waals surface area contributed by atoms with Crippen molar-refractivity contribution in [2.24, 2.45) is 0 Å². The number of hydrogen-bond acceptors (Lipinski definition) is 3. The quantitative estimate of drug-likeness (QED) is 0.796. The fourth-order valence-electron chi connectivity index (χ4n) is 2.08. The van der Waals surface area contributed by atoms with Crippen molar-refractivity contribution in [1.82, 2.24) is 14.8 Å². The van der Waals surface area contributed by atoms with Gasteiger partial charge in [-0.25, -0.2) is 0 Å². The van der Waals surface area contributed by atoms with Crippen LogP contribution < -0.4 is 4.90 Å². The summed E-state index contributed by atoms with van der Waals surface area (Å²) < 4.78 is 2.11. The molecule has 1 aliphatic rings. The Morgan fingerprint density at radius 1 is 1.18 bits per heavy atom. The van der Waals surface area contributed by atoms with Crippen LogP contribution in [0.15, 0.2) is 30.6 Å². The van der Waals surface area contributed by atoms with Crippen LogP contribution in [-0.4, -0.2) is 21.3 Å². The summed E-state index contributed by atoms with van der Waals surface area (Å²) in [6.45, 7) is 2.81. The van der Waals surface area contributed by atoms with Crippen molar-refractivity contribution < 1.29 is 0 Å². The van der Waals surface area contributed by atoms with Gasteiger partial charge >= 0.3 is 0 Å². The lowest BCUT2D eigenvalue weighted by atomic mass is 10.2. The molecule has 0 saturated carbocycles. The molecule has 3 rings (SSSR count). The van der Waals surface area contributed by atoms with Gasteiger partial charge in [-0.3, -0.25) is 0 Å². The SMILES string of the molecule is BrCc1ccc(N2CCn3cnnc3C2)cc1. The van der Waals surface area contributed by atoms with E-state index < -0.39 is 0 Å². The van der Waals surface area contributed by atoms with Gasteiger partial charge in [0.2, 0.25) is 0 Å². The molecule has 88 valence electrons. The van der Waals surface area contributed by atoms with Crippen molar-refractivity contribution in [3.63, 3.8) is 0 Å². The highest BCUT2D eigenvalue weighted by molar-refractivity contribution is 9.08. The highest BCUT2D eigenvalue weighted by Crippen LogP contribution is 2.20. The lowest BCUT2D eigenvalue weighted by molar-refractivity contribution is 0.560. The third-order valence-corrected chi connectivity index (χ3v) is 3.74. The number of halogens is 1. The van der Waals surface area contributed by atoms with E-state index in [1.165, 1.54) is 11.3 Å². The first-order chi connectivity index (χ1) is 8.36. The highest BCUT2D eigenvalue weighted by atomic mass is 79.9. The third-order valence-electron chi connectivity index (χ3n) is 3.09. The molecule has 0 unspecified atom stereocenters. The molecule has 0 fully saturated rings. The van der Waals surface area contributed by atoms with Gasteiger partial charge in [-0.15, -0.1) is 10.2 Å². The van der Waals surface area contributed by atoms with Gasteiger partial charge in [0.05, 0.1) is 6.54 Å². The minimum absolute atomic E-state index is 0.841. The average Bonchev–Trinajstić information content (AvgIpc) is 2.86. The van der Waals surface area contributed by atoms with Gasteiger partial charge in [-0.05, 0) is 17.7 Å². The van der Waals surface area contributed by atoms with Crippen molar-refractivity contribution in [3.05, 3.63) is 42.0 Å². The van der Waals surface area contributed by atoms with E-state index in [1.807, 2.05) is 0 Å². The van der Waals surface area contributed by atoms with Crippen LogP contribution in [-0.2, 0) is 18.4 Å². The minimum Gasteiger partial charge on any atom is -0.362 e. The molecule has 5 heteroatoms. The molecule has 2 heterocycles. The van der Waals surface area contributed by atoms with Crippen LogP contribution in [0.4, 0.5) is 5.69 Å². The molecule has 0 aliphatic carbocycles. The normalized spacial score (nSPS) is 14.8. The average molecular weight is 293 g/mol. The van der Waals surface area contributed by atoms with Gasteiger partial charge in [0.25, 0.3) is 0 Å². The van der Waals surface area contributed by atoms with E-state index in [2.05, 4.69) is 59.9 Å². The highest BCUT2D eigenvalue weighted by Gasteiger charge is 2.17. The second-order valence-electron chi connectivity index (χ2n) is 4.16. The number of hydrogen-bond donors (Lipinski definition) is 0.